The number of nitrogens with one attached hydrogen (secondary N) is 1. The zero-order chi connectivity index (χ0) is 11.7. The predicted octanol–water partition coefficient (Wildman–Crippen LogP) is 0.373. The molecule has 5 heteroatoms. The molecule has 1 unspecified atom stereocenters. The molecule has 1 aromatic heterocycles. The first kappa shape index (κ1) is 11.0. The number of aromatic amines is 1. The molecule has 1 fully saturated rings. The number of nitrogens with zero attached hydrogens (tertiary/aromatic N) is 2. The summed E-state index contributed by atoms with van der Waals surface area (Å²) in [6, 6.07) is 2.15. The van der Waals surface area contributed by atoms with Crippen LogP contribution in [0.1, 0.15) is 16.9 Å². The van der Waals surface area contributed by atoms with Crippen LogP contribution in [0.5, 0.6) is 0 Å². The van der Waals surface area contributed by atoms with Crippen LogP contribution in [-0.4, -0.2) is 53.9 Å². The molecule has 3 N–H and O–H groups in total. The van der Waals surface area contributed by atoms with E-state index in [4.69, 9.17) is 5.73 Å². The van der Waals surface area contributed by atoms with Crippen LogP contribution >= 0.6 is 0 Å². The summed E-state index contributed by atoms with van der Waals surface area (Å²) in [5, 5.41) is 0. The smallest absolute Gasteiger partial charge is 0.270 e. The van der Waals surface area contributed by atoms with Gasteiger partial charge in [-0.3, -0.25) is 4.79 Å². The van der Waals surface area contributed by atoms with Crippen LogP contribution in [0.15, 0.2) is 12.3 Å². The lowest BCUT2D eigenvalue weighted by atomic mass is 10.2. The highest BCUT2D eigenvalue weighted by Gasteiger charge is 2.28. The Bertz CT molecular complexity index is 385. The summed E-state index contributed by atoms with van der Waals surface area (Å²) in [5.41, 5.74) is 6.76. The van der Waals surface area contributed by atoms with Gasteiger partial charge in [-0.25, -0.2) is 0 Å². The molecule has 5 nitrogen and oxygen atoms in total. The molecular formula is C11H18N4O. The first-order chi connectivity index (χ1) is 7.58. The topological polar surface area (TPSA) is 65.4 Å². The molecule has 88 valence electrons. The van der Waals surface area contributed by atoms with E-state index in [0.29, 0.717) is 17.4 Å². The number of nitrogens with two attached hydrogens (primary N) is 1. The van der Waals surface area contributed by atoms with Gasteiger partial charge in [0.2, 0.25) is 0 Å². The fraction of sp³-hybridized carbons (Fsp3) is 0.545. The van der Waals surface area contributed by atoms with Gasteiger partial charge in [0.25, 0.3) is 5.91 Å². The molecular weight excluding hydrogens is 204 g/mol. The minimum atomic E-state index is 0.0426. The van der Waals surface area contributed by atoms with Gasteiger partial charge in [0.1, 0.15) is 5.69 Å². The number of likely N-dealkylation sites (N-methyl/N-ethyl adjacent to an activating group) is 1. The lowest BCUT2D eigenvalue weighted by molar-refractivity contribution is 0.0778. The molecule has 0 radical (unpaired) electrons. The second-order valence-corrected chi connectivity index (χ2v) is 4.50. The van der Waals surface area contributed by atoms with Crippen molar-refractivity contribution >= 4 is 11.6 Å². The second kappa shape index (κ2) is 4.17. The van der Waals surface area contributed by atoms with E-state index in [-0.39, 0.29) is 5.91 Å². The van der Waals surface area contributed by atoms with Gasteiger partial charge in [0.05, 0.1) is 0 Å². The molecule has 1 atom stereocenters. The third-order valence-corrected chi connectivity index (χ3v) is 3.12. The summed E-state index contributed by atoms with van der Waals surface area (Å²) in [6.45, 7) is 1.62. The number of hydrogen-bond acceptors (Lipinski definition) is 3. The van der Waals surface area contributed by atoms with Crippen LogP contribution in [0.3, 0.4) is 0 Å². The molecule has 1 aliphatic heterocycles. The van der Waals surface area contributed by atoms with E-state index in [1.165, 1.54) is 0 Å². The molecule has 0 bridgehead atoms. The number of H-pyrrole nitrogens is 1. The lowest BCUT2D eigenvalue weighted by Crippen LogP contribution is -2.34. The van der Waals surface area contributed by atoms with E-state index in [1.54, 1.807) is 12.3 Å². The van der Waals surface area contributed by atoms with Crippen molar-refractivity contribution < 1.29 is 4.79 Å². The molecule has 16 heavy (non-hydrogen) atoms. The molecule has 1 saturated heterocycles. The fourth-order valence-corrected chi connectivity index (χ4v) is 2.05. The van der Waals surface area contributed by atoms with Crippen LogP contribution in [0, 0.1) is 0 Å². The Labute approximate surface area is 95.2 Å². The van der Waals surface area contributed by atoms with Crippen LogP contribution in [0.25, 0.3) is 0 Å². The van der Waals surface area contributed by atoms with Gasteiger partial charge in [-0.15, -0.1) is 0 Å². The number of carbonyl (C=O) groups excluding carboxylic acids is 1. The van der Waals surface area contributed by atoms with Gasteiger partial charge in [-0.2, -0.15) is 0 Å². The number of rotatable bonds is 2. The van der Waals surface area contributed by atoms with E-state index < -0.39 is 0 Å². The normalized spacial score (nSPS) is 20.7. The van der Waals surface area contributed by atoms with Crippen LogP contribution in [-0.2, 0) is 0 Å². The fourth-order valence-electron chi connectivity index (χ4n) is 2.05. The highest BCUT2D eigenvalue weighted by molar-refractivity contribution is 5.93. The Morgan fingerprint density at radius 2 is 2.38 bits per heavy atom. The third-order valence-electron chi connectivity index (χ3n) is 3.12. The molecule has 0 spiro atoms. The average molecular weight is 222 g/mol. The van der Waals surface area contributed by atoms with Gasteiger partial charge in [0, 0.05) is 31.0 Å². The number of hydrogen-bond donors (Lipinski definition) is 2. The molecule has 0 aliphatic carbocycles. The van der Waals surface area contributed by atoms with E-state index in [9.17, 15) is 4.79 Å². The van der Waals surface area contributed by atoms with Gasteiger partial charge in [-0.1, -0.05) is 0 Å². The summed E-state index contributed by atoms with van der Waals surface area (Å²) in [4.78, 5) is 19.0. The number of aromatic nitrogens is 1. The van der Waals surface area contributed by atoms with Crippen LogP contribution in [0.2, 0.25) is 0 Å². The van der Waals surface area contributed by atoms with Crippen LogP contribution in [0.4, 0.5) is 5.69 Å². The molecule has 1 aromatic rings. The zero-order valence-electron chi connectivity index (χ0n) is 9.73. The van der Waals surface area contributed by atoms with Crippen molar-refractivity contribution in [3.05, 3.63) is 18.0 Å². The molecule has 2 rings (SSSR count). The van der Waals surface area contributed by atoms with Crippen molar-refractivity contribution in [3.8, 4) is 0 Å². The minimum absolute atomic E-state index is 0.0426. The van der Waals surface area contributed by atoms with E-state index in [0.717, 1.165) is 19.5 Å². The number of anilines is 1. The maximum atomic E-state index is 12.0. The molecule has 0 saturated carbocycles. The van der Waals surface area contributed by atoms with Crippen molar-refractivity contribution in [2.75, 3.05) is 32.9 Å². The van der Waals surface area contributed by atoms with Crippen molar-refractivity contribution in [1.82, 2.24) is 14.8 Å². The van der Waals surface area contributed by atoms with E-state index >= 15 is 0 Å². The average Bonchev–Trinajstić information content (AvgIpc) is 2.84. The van der Waals surface area contributed by atoms with Gasteiger partial charge in [0.15, 0.2) is 0 Å². The monoisotopic (exact) mass is 222 g/mol. The standard InChI is InChI=1S/C11H18N4O/c1-14(2)9-3-4-15(7-9)11(16)10-5-8(12)6-13-10/h5-6,9,13H,3-4,7,12H2,1-2H3. The summed E-state index contributed by atoms with van der Waals surface area (Å²) in [6.07, 6.45) is 2.68. The van der Waals surface area contributed by atoms with Gasteiger partial charge < -0.3 is 20.5 Å². The molecule has 2 heterocycles. The number of carbonyl (C=O) groups is 1. The third kappa shape index (κ3) is 2.04. The second-order valence-electron chi connectivity index (χ2n) is 4.50. The maximum Gasteiger partial charge on any atom is 0.270 e. The number of nitrogen functional groups attached to an aromatic ring is 1. The first-order valence-electron chi connectivity index (χ1n) is 5.47. The lowest BCUT2D eigenvalue weighted by Gasteiger charge is -2.20. The van der Waals surface area contributed by atoms with Crippen molar-refractivity contribution in [1.29, 1.82) is 0 Å². The summed E-state index contributed by atoms with van der Waals surface area (Å²) in [5.74, 6) is 0.0426. The Balaban J connectivity index is 2.02. The largest absolute Gasteiger partial charge is 0.397 e. The Morgan fingerprint density at radius 3 is 2.88 bits per heavy atom. The van der Waals surface area contributed by atoms with Crippen molar-refractivity contribution in [3.63, 3.8) is 0 Å². The molecule has 1 aliphatic rings. The number of likely N-dealkylation sites (tertiary alicyclic amines) is 1. The molecule has 0 aromatic carbocycles. The van der Waals surface area contributed by atoms with Crippen molar-refractivity contribution in [2.45, 2.75) is 12.5 Å². The first-order valence-corrected chi connectivity index (χ1v) is 5.47. The zero-order valence-corrected chi connectivity index (χ0v) is 9.73. The van der Waals surface area contributed by atoms with Crippen molar-refractivity contribution in [2.24, 2.45) is 0 Å². The Hall–Kier alpha value is -1.49. The van der Waals surface area contributed by atoms with E-state index in [2.05, 4.69) is 9.88 Å². The van der Waals surface area contributed by atoms with Gasteiger partial charge in [-0.05, 0) is 26.6 Å². The van der Waals surface area contributed by atoms with Crippen LogP contribution < -0.4 is 5.73 Å². The summed E-state index contributed by atoms with van der Waals surface area (Å²) < 4.78 is 0. The summed E-state index contributed by atoms with van der Waals surface area (Å²) >= 11 is 0. The highest BCUT2D eigenvalue weighted by atomic mass is 16.2. The Kier molecular flexibility index (Phi) is 2.87. The van der Waals surface area contributed by atoms with E-state index in [1.807, 2.05) is 19.0 Å². The SMILES string of the molecule is CN(C)C1CCN(C(=O)c2cc(N)c[nH]2)C1. The Morgan fingerprint density at radius 1 is 1.62 bits per heavy atom. The quantitative estimate of drug-likeness (QED) is 0.760. The number of amides is 1. The summed E-state index contributed by atoms with van der Waals surface area (Å²) in [7, 11) is 4.09. The minimum Gasteiger partial charge on any atom is -0.397 e. The van der Waals surface area contributed by atoms with Gasteiger partial charge >= 0.3 is 0 Å². The molecule has 1 amide bonds. The maximum absolute atomic E-state index is 12.0. The predicted molar refractivity (Wildman–Crippen MR) is 63.2 cm³/mol. The highest BCUT2D eigenvalue weighted by Crippen LogP contribution is 2.16.